The highest BCUT2D eigenvalue weighted by Gasteiger charge is 2.17. The van der Waals surface area contributed by atoms with Gasteiger partial charge in [-0.05, 0) is 25.0 Å². The summed E-state index contributed by atoms with van der Waals surface area (Å²) in [6.45, 7) is 0. The Morgan fingerprint density at radius 2 is 2.15 bits per heavy atom. The average molecular weight is 273 g/mol. The Hall–Kier alpha value is -2.04. The number of aromatic amines is 1. The summed E-state index contributed by atoms with van der Waals surface area (Å²) in [6.07, 6.45) is 6.23. The number of esters is 1. The van der Waals surface area contributed by atoms with Gasteiger partial charge in [-0.2, -0.15) is 0 Å². The van der Waals surface area contributed by atoms with Crippen LogP contribution in [0.25, 0.3) is 11.0 Å². The first-order valence-electron chi connectivity index (χ1n) is 7.11. The van der Waals surface area contributed by atoms with Crippen molar-refractivity contribution in [3.05, 3.63) is 23.8 Å². The van der Waals surface area contributed by atoms with Crippen molar-refractivity contribution in [2.24, 2.45) is 0 Å². The molecule has 20 heavy (non-hydrogen) atoms. The third-order valence-corrected chi connectivity index (χ3v) is 3.86. The molecule has 0 unspecified atom stereocenters. The summed E-state index contributed by atoms with van der Waals surface area (Å²) in [5.41, 5.74) is 2.02. The molecule has 0 saturated heterocycles. The lowest BCUT2D eigenvalue weighted by Crippen LogP contribution is -2.22. The number of nitrogens with zero attached hydrogens (tertiary/aromatic N) is 1. The number of nitrogens with one attached hydrogen (secondary N) is 2. The molecule has 5 nitrogen and oxygen atoms in total. The van der Waals surface area contributed by atoms with Crippen LogP contribution >= 0.6 is 0 Å². The Morgan fingerprint density at radius 1 is 1.35 bits per heavy atom. The molecule has 1 saturated carbocycles. The second-order valence-electron chi connectivity index (χ2n) is 5.26. The summed E-state index contributed by atoms with van der Waals surface area (Å²) in [4.78, 5) is 19.5. The van der Waals surface area contributed by atoms with E-state index in [0.29, 0.717) is 17.1 Å². The molecule has 0 spiro atoms. The topological polar surface area (TPSA) is 67.0 Å². The minimum Gasteiger partial charge on any atom is -0.465 e. The van der Waals surface area contributed by atoms with Crippen LogP contribution < -0.4 is 5.32 Å². The molecule has 0 amide bonds. The van der Waals surface area contributed by atoms with Gasteiger partial charge in [0.1, 0.15) is 5.52 Å². The van der Waals surface area contributed by atoms with Gasteiger partial charge in [0.15, 0.2) is 0 Å². The predicted molar refractivity (Wildman–Crippen MR) is 77.9 cm³/mol. The molecule has 1 fully saturated rings. The zero-order valence-electron chi connectivity index (χ0n) is 11.6. The third kappa shape index (κ3) is 2.48. The van der Waals surface area contributed by atoms with Gasteiger partial charge >= 0.3 is 5.97 Å². The number of benzene rings is 1. The minimum atomic E-state index is -0.355. The van der Waals surface area contributed by atoms with E-state index in [0.717, 1.165) is 11.5 Å². The van der Waals surface area contributed by atoms with E-state index in [9.17, 15) is 4.79 Å². The summed E-state index contributed by atoms with van der Waals surface area (Å²) in [7, 11) is 1.38. The summed E-state index contributed by atoms with van der Waals surface area (Å²) < 4.78 is 4.79. The molecule has 0 bridgehead atoms. The van der Waals surface area contributed by atoms with E-state index < -0.39 is 0 Å². The smallest absolute Gasteiger partial charge is 0.340 e. The highest BCUT2D eigenvalue weighted by atomic mass is 16.5. The van der Waals surface area contributed by atoms with E-state index in [1.165, 1.54) is 39.2 Å². The fourth-order valence-electron chi connectivity index (χ4n) is 2.82. The van der Waals surface area contributed by atoms with Gasteiger partial charge < -0.3 is 15.0 Å². The zero-order chi connectivity index (χ0) is 13.9. The first-order chi connectivity index (χ1) is 9.78. The van der Waals surface area contributed by atoms with Crippen molar-refractivity contribution in [2.45, 2.75) is 38.1 Å². The second-order valence-corrected chi connectivity index (χ2v) is 5.26. The van der Waals surface area contributed by atoms with Crippen molar-refractivity contribution >= 4 is 23.0 Å². The fourth-order valence-corrected chi connectivity index (χ4v) is 2.82. The third-order valence-electron chi connectivity index (χ3n) is 3.86. The van der Waals surface area contributed by atoms with Crippen LogP contribution in [0.5, 0.6) is 0 Å². The number of anilines is 1. The molecule has 1 aromatic heterocycles. The van der Waals surface area contributed by atoms with Gasteiger partial charge in [-0.15, -0.1) is 0 Å². The molecule has 106 valence electrons. The van der Waals surface area contributed by atoms with Crippen LogP contribution in [0.2, 0.25) is 0 Å². The number of fused-ring (bicyclic) bond motifs is 1. The maximum Gasteiger partial charge on any atom is 0.340 e. The molecule has 1 aliphatic rings. The monoisotopic (exact) mass is 273 g/mol. The number of hydrogen-bond donors (Lipinski definition) is 2. The fraction of sp³-hybridized carbons (Fsp3) is 0.467. The van der Waals surface area contributed by atoms with E-state index in [1.807, 2.05) is 12.1 Å². The molecule has 1 aromatic carbocycles. The molecular formula is C15H19N3O2. The van der Waals surface area contributed by atoms with E-state index >= 15 is 0 Å². The summed E-state index contributed by atoms with van der Waals surface area (Å²) >= 11 is 0. The van der Waals surface area contributed by atoms with Crippen LogP contribution in [-0.2, 0) is 4.74 Å². The van der Waals surface area contributed by atoms with Gasteiger partial charge in [0, 0.05) is 6.04 Å². The van der Waals surface area contributed by atoms with Crippen LogP contribution in [0.1, 0.15) is 42.5 Å². The van der Waals surface area contributed by atoms with E-state index in [-0.39, 0.29) is 5.97 Å². The Balaban J connectivity index is 1.88. The average Bonchev–Trinajstić information content (AvgIpc) is 2.89. The number of ether oxygens (including phenoxy) is 1. The number of carbonyl (C=O) groups excluding carboxylic acids is 1. The number of para-hydroxylation sites is 1. The molecule has 0 radical (unpaired) electrons. The van der Waals surface area contributed by atoms with E-state index in [2.05, 4.69) is 15.3 Å². The van der Waals surface area contributed by atoms with Gasteiger partial charge in [0.05, 0.1) is 18.2 Å². The lowest BCUT2D eigenvalue weighted by Gasteiger charge is -2.22. The maximum atomic E-state index is 11.7. The van der Waals surface area contributed by atoms with Gasteiger partial charge in [0.2, 0.25) is 5.95 Å². The Kier molecular flexibility index (Phi) is 3.58. The first kappa shape index (κ1) is 13.0. The lowest BCUT2D eigenvalue weighted by atomic mass is 9.96. The number of carbonyl (C=O) groups is 1. The molecule has 2 aromatic rings. The van der Waals surface area contributed by atoms with Crippen molar-refractivity contribution in [1.29, 1.82) is 0 Å². The van der Waals surface area contributed by atoms with Crippen LogP contribution in [-0.4, -0.2) is 29.1 Å². The lowest BCUT2D eigenvalue weighted by molar-refractivity contribution is 0.0603. The van der Waals surface area contributed by atoms with Gasteiger partial charge in [0.25, 0.3) is 0 Å². The Bertz CT molecular complexity index is 615. The Morgan fingerprint density at radius 3 is 2.90 bits per heavy atom. The number of methoxy groups -OCH3 is 1. The zero-order valence-corrected chi connectivity index (χ0v) is 11.6. The normalized spacial score (nSPS) is 16.2. The second kappa shape index (κ2) is 5.53. The molecular weight excluding hydrogens is 254 g/mol. The van der Waals surface area contributed by atoms with Crippen LogP contribution in [0.4, 0.5) is 5.95 Å². The molecule has 2 N–H and O–H groups in total. The molecule has 0 atom stereocenters. The van der Waals surface area contributed by atoms with Crippen LogP contribution in [0, 0.1) is 0 Å². The molecule has 1 aliphatic carbocycles. The van der Waals surface area contributed by atoms with Crippen molar-refractivity contribution in [2.75, 3.05) is 12.4 Å². The summed E-state index contributed by atoms with van der Waals surface area (Å²) in [6, 6.07) is 5.96. The van der Waals surface area contributed by atoms with Crippen LogP contribution in [0.15, 0.2) is 18.2 Å². The van der Waals surface area contributed by atoms with Crippen molar-refractivity contribution in [1.82, 2.24) is 9.97 Å². The molecule has 5 heteroatoms. The summed E-state index contributed by atoms with van der Waals surface area (Å²) in [5.74, 6) is 0.384. The van der Waals surface area contributed by atoms with Crippen molar-refractivity contribution in [3.8, 4) is 0 Å². The molecule has 3 rings (SSSR count). The summed E-state index contributed by atoms with van der Waals surface area (Å²) in [5, 5.41) is 3.44. The van der Waals surface area contributed by atoms with Crippen molar-refractivity contribution in [3.63, 3.8) is 0 Å². The van der Waals surface area contributed by atoms with E-state index in [1.54, 1.807) is 6.07 Å². The van der Waals surface area contributed by atoms with Gasteiger partial charge in [-0.3, -0.25) is 0 Å². The molecule has 0 aliphatic heterocycles. The van der Waals surface area contributed by atoms with Crippen molar-refractivity contribution < 1.29 is 9.53 Å². The largest absolute Gasteiger partial charge is 0.465 e. The number of hydrogen-bond acceptors (Lipinski definition) is 4. The SMILES string of the molecule is COC(=O)c1cccc2[nH]c(NC3CCCCC3)nc12. The standard InChI is InChI=1S/C15H19N3O2/c1-20-14(19)11-8-5-9-12-13(11)18-15(17-12)16-10-6-3-2-4-7-10/h5,8-10H,2-4,6-7H2,1H3,(H2,16,17,18). The van der Waals surface area contributed by atoms with Gasteiger partial charge in [-0.25, -0.2) is 9.78 Å². The van der Waals surface area contributed by atoms with Gasteiger partial charge in [-0.1, -0.05) is 25.3 Å². The highest BCUT2D eigenvalue weighted by molar-refractivity contribution is 6.02. The maximum absolute atomic E-state index is 11.7. The number of H-pyrrole nitrogens is 1. The molecule has 1 heterocycles. The minimum absolute atomic E-state index is 0.355. The van der Waals surface area contributed by atoms with E-state index in [4.69, 9.17) is 4.74 Å². The van der Waals surface area contributed by atoms with Crippen LogP contribution in [0.3, 0.4) is 0 Å². The quantitative estimate of drug-likeness (QED) is 0.843. The Labute approximate surface area is 117 Å². The number of rotatable bonds is 3. The number of aromatic nitrogens is 2. The number of imidazole rings is 1. The predicted octanol–water partition coefficient (Wildman–Crippen LogP) is 3.09. The highest BCUT2D eigenvalue weighted by Crippen LogP contribution is 2.23. The first-order valence-corrected chi connectivity index (χ1v) is 7.11.